The van der Waals surface area contributed by atoms with Crippen molar-refractivity contribution in [3.63, 3.8) is 0 Å². The number of aromatic carboxylic acids is 1. The zero-order valence-corrected chi connectivity index (χ0v) is 10.3. The lowest BCUT2D eigenvalue weighted by atomic mass is 10.1. The van der Waals surface area contributed by atoms with Crippen LogP contribution in [-0.4, -0.2) is 28.0 Å². The van der Waals surface area contributed by atoms with Gasteiger partial charge in [-0.2, -0.15) is 5.10 Å². The van der Waals surface area contributed by atoms with Gasteiger partial charge >= 0.3 is 5.97 Å². The molecular formula is C13H14N2O3. The highest BCUT2D eigenvalue weighted by molar-refractivity contribution is 5.85. The van der Waals surface area contributed by atoms with E-state index in [1.165, 1.54) is 6.07 Å². The first kappa shape index (κ1) is 12.2. The second-order valence-corrected chi connectivity index (χ2v) is 4.02. The predicted octanol–water partition coefficient (Wildman–Crippen LogP) is 1.95. The number of carbonyl (C=O) groups is 1. The van der Waals surface area contributed by atoms with Crippen molar-refractivity contribution in [2.45, 2.75) is 13.5 Å². The summed E-state index contributed by atoms with van der Waals surface area (Å²) in [5.74, 6) is -0.252. The van der Waals surface area contributed by atoms with E-state index in [0.717, 1.165) is 16.9 Å². The Balaban J connectivity index is 2.27. The van der Waals surface area contributed by atoms with Crippen molar-refractivity contribution < 1.29 is 14.6 Å². The van der Waals surface area contributed by atoms with E-state index in [-0.39, 0.29) is 5.69 Å². The lowest BCUT2D eigenvalue weighted by Gasteiger charge is -2.09. The topological polar surface area (TPSA) is 64.3 Å². The van der Waals surface area contributed by atoms with Crippen LogP contribution in [0, 0.1) is 6.92 Å². The average molecular weight is 246 g/mol. The number of rotatable bonds is 4. The van der Waals surface area contributed by atoms with Crippen LogP contribution in [0.15, 0.2) is 30.5 Å². The summed E-state index contributed by atoms with van der Waals surface area (Å²) in [5, 5.41) is 12.8. The Morgan fingerprint density at radius 3 is 2.83 bits per heavy atom. The summed E-state index contributed by atoms with van der Waals surface area (Å²) in [4.78, 5) is 10.7. The number of aromatic nitrogens is 2. The number of benzene rings is 1. The standard InChI is InChI=1S/C13H14N2O3/c1-9-3-4-12(18-2)10(7-9)8-15-6-5-11(14-15)13(16)17/h3-7H,8H2,1-2H3,(H,16,17). The van der Waals surface area contributed by atoms with Crippen LogP contribution in [0.4, 0.5) is 0 Å². The van der Waals surface area contributed by atoms with Crippen molar-refractivity contribution in [2.75, 3.05) is 7.11 Å². The van der Waals surface area contributed by atoms with Crippen LogP contribution >= 0.6 is 0 Å². The molecule has 0 saturated heterocycles. The van der Waals surface area contributed by atoms with Gasteiger partial charge in [0.15, 0.2) is 5.69 Å². The van der Waals surface area contributed by atoms with Gasteiger partial charge in [-0.05, 0) is 19.1 Å². The Labute approximate surface area is 105 Å². The van der Waals surface area contributed by atoms with E-state index in [4.69, 9.17) is 9.84 Å². The van der Waals surface area contributed by atoms with E-state index in [9.17, 15) is 4.79 Å². The Bertz CT molecular complexity index is 575. The lowest BCUT2D eigenvalue weighted by molar-refractivity contribution is 0.0689. The SMILES string of the molecule is COc1ccc(C)cc1Cn1ccc(C(=O)O)n1. The molecule has 18 heavy (non-hydrogen) atoms. The number of nitrogens with zero attached hydrogens (tertiary/aromatic N) is 2. The van der Waals surface area contributed by atoms with E-state index in [2.05, 4.69) is 5.10 Å². The first-order valence-corrected chi connectivity index (χ1v) is 5.50. The highest BCUT2D eigenvalue weighted by atomic mass is 16.5. The van der Waals surface area contributed by atoms with Crippen LogP contribution < -0.4 is 4.74 Å². The molecule has 2 rings (SSSR count). The molecule has 0 bridgehead atoms. The summed E-state index contributed by atoms with van der Waals surface area (Å²) in [5.41, 5.74) is 2.13. The van der Waals surface area contributed by atoms with Gasteiger partial charge in [0.1, 0.15) is 5.75 Å². The van der Waals surface area contributed by atoms with Crippen molar-refractivity contribution >= 4 is 5.97 Å². The summed E-state index contributed by atoms with van der Waals surface area (Å²) in [7, 11) is 1.61. The fourth-order valence-electron chi connectivity index (χ4n) is 1.77. The molecule has 0 amide bonds. The van der Waals surface area contributed by atoms with Crippen LogP contribution in [0.1, 0.15) is 21.6 Å². The summed E-state index contributed by atoms with van der Waals surface area (Å²) in [6.45, 7) is 2.48. The summed E-state index contributed by atoms with van der Waals surface area (Å²) in [6, 6.07) is 7.34. The number of carboxylic acid groups (broad SMARTS) is 1. The third-order valence-corrected chi connectivity index (χ3v) is 2.63. The molecule has 5 nitrogen and oxygen atoms in total. The molecule has 1 N–H and O–H groups in total. The van der Waals surface area contributed by atoms with E-state index in [0.29, 0.717) is 6.54 Å². The second-order valence-electron chi connectivity index (χ2n) is 4.02. The van der Waals surface area contributed by atoms with Crippen LogP contribution in [0.2, 0.25) is 0 Å². The number of hydrogen-bond donors (Lipinski definition) is 1. The van der Waals surface area contributed by atoms with Gasteiger partial charge in [-0.15, -0.1) is 0 Å². The van der Waals surface area contributed by atoms with E-state index in [1.807, 2.05) is 25.1 Å². The molecule has 0 fully saturated rings. The summed E-state index contributed by atoms with van der Waals surface area (Å²) in [6.07, 6.45) is 1.64. The minimum absolute atomic E-state index is 0.0432. The number of hydrogen-bond acceptors (Lipinski definition) is 3. The number of carboxylic acids is 1. The molecule has 1 aromatic carbocycles. The van der Waals surface area contributed by atoms with Gasteiger partial charge < -0.3 is 9.84 Å². The van der Waals surface area contributed by atoms with Gasteiger partial charge in [0, 0.05) is 11.8 Å². The summed E-state index contributed by atoms with van der Waals surface area (Å²) < 4.78 is 6.85. The molecule has 0 radical (unpaired) electrons. The van der Waals surface area contributed by atoms with Crippen molar-refractivity contribution in [3.8, 4) is 5.75 Å². The van der Waals surface area contributed by atoms with Gasteiger partial charge in [-0.25, -0.2) is 4.79 Å². The first-order chi connectivity index (χ1) is 8.60. The van der Waals surface area contributed by atoms with Gasteiger partial charge in [0.05, 0.1) is 13.7 Å². The maximum atomic E-state index is 10.7. The van der Waals surface area contributed by atoms with E-state index >= 15 is 0 Å². The number of ether oxygens (including phenoxy) is 1. The molecule has 0 atom stereocenters. The van der Waals surface area contributed by atoms with Crippen molar-refractivity contribution in [1.82, 2.24) is 9.78 Å². The molecular weight excluding hydrogens is 232 g/mol. The maximum absolute atomic E-state index is 10.7. The van der Waals surface area contributed by atoms with Crippen molar-refractivity contribution in [1.29, 1.82) is 0 Å². The van der Waals surface area contributed by atoms with Crippen molar-refractivity contribution in [3.05, 3.63) is 47.3 Å². The van der Waals surface area contributed by atoms with Crippen molar-refractivity contribution in [2.24, 2.45) is 0 Å². The summed E-state index contributed by atoms with van der Waals surface area (Å²) >= 11 is 0. The van der Waals surface area contributed by atoms with Crippen LogP contribution in [0.3, 0.4) is 0 Å². The molecule has 0 unspecified atom stereocenters. The molecule has 2 aromatic rings. The zero-order chi connectivity index (χ0) is 13.1. The van der Waals surface area contributed by atoms with Crippen LogP contribution in [0.5, 0.6) is 5.75 Å². The molecule has 1 aromatic heterocycles. The minimum Gasteiger partial charge on any atom is -0.496 e. The lowest BCUT2D eigenvalue weighted by Crippen LogP contribution is -2.05. The maximum Gasteiger partial charge on any atom is 0.356 e. The molecule has 0 aliphatic carbocycles. The van der Waals surface area contributed by atoms with Crippen LogP contribution in [0.25, 0.3) is 0 Å². The number of aryl methyl sites for hydroxylation is 1. The highest BCUT2D eigenvalue weighted by Crippen LogP contribution is 2.20. The third kappa shape index (κ3) is 2.51. The molecule has 0 saturated carbocycles. The van der Waals surface area contributed by atoms with E-state index < -0.39 is 5.97 Å². The molecule has 0 aliphatic heterocycles. The fraction of sp³-hybridized carbons (Fsp3) is 0.231. The van der Waals surface area contributed by atoms with Crippen LogP contribution in [-0.2, 0) is 6.54 Å². The first-order valence-electron chi connectivity index (χ1n) is 5.50. The number of methoxy groups -OCH3 is 1. The van der Waals surface area contributed by atoms with Gasteiger partial charge in [0.2, 0.25) is 0 Å². The minimum atomic E-state index is -1.02. The second kappa shape index (κ2) is 4.91. The fourth-order valence-corrected chi connectivity index (χ4v) is 1.77. The quantitative estimate of drug-likeness (QED) is 0.895. The van der Waals surface area contributed by atoms with Gasteiger partial charge in [-0.3, -0.25) is 4.68 Å². The zero-order valence-electron chi connectivity index (χ0n) is 10.3. The Kier molecular flexibility index (Phi) is 3.32. The Hall–Kier alpha value is -2.30. The molecule has 1 heterocycles. The molecule has 0 aliphatic rings. The third-order valence-electron chi connectivity index (χ3n) is 2.63. The Morgan fingerprint density at radius 1 is 1.44 bits per heavy atom. The van der Waals surface area contributed by atoms with E-state index in [1.54, 1.807) is 18.0 Å². The molecule has 0 spiro atoms. The molecule has 94 valence electrons. The molecule has 5 heteroatoms. The largest absolute Gasteiger partial charge is 0.496 e. The predicted molar refractivity (Wildman–Crippen MR) is 66.0 cm³/mol. The van der Waals surface area contributed by atoms with Gasteiger partial charge in [-0.1, -0.05) is 17.7 Å². The Morgan fingerprint density at radius 2 is 2.22 bits per heavy atom. The average Bonchev–Trinajstić information content (AvgIpc) is 2.78. The normalized spacial score (nSPS) is 10.3. The smallest absolute Gasteiger partial charge is 0.356 e. The van der Waals surface area contributed by atoms with Gasteiger partial charge in [0.25, 0.3) is 0 Å². The monoisotopic (exact) mass is 246 g/mol. The highest BCUT2D eigenvalue weighted by Gasteiger charge is 2.09.